The van der Waals surface area contributed by atoms with E-state index in [9.17, 15) is 9.59 Å². The maximum Gasteiger partial charge on any atom is 0.259 e. The number of hydrazone groups is 1. The van der Waals surface area contributed by atoms with Crippen LogP contribution in [0.2, 0.25) is 0 Å². The predicted molar refractivity (Wildman–Crippen MR) is 105 cm³/mol. The van der Waals surface area contributed by atoms with Crippen molar-refractivity contribution >= 4 is 18.0 Å². The summed E-state index contributed by atoms with van der Waals surface area (Å²) in [6, 6.07) is 10.7. The normalized spacial score (nSPS) is 10.4. The number of hydrogen-bond donors (Lipinski definition) is 2. The van der Waals surface area contributed by atoms with E-state index < -0.39 is 11.8 Å². The number of methoxy groups -OCH3 is 3. The van der Waals surface area contributed by atoms with Gasteiger partial charge in [0, 0.05) is 5.56 Å². The van der Waals surface area contributed by atoms with E-state index in [-0.39, 0.29) is 12.1 Å². The molecule has 0 bridgehead atoms. The Balaban J connectivity index is 1.94. The minimum atomic E-state index is -0.461. The number of rotatable bonds is 8. The van der Waals surface area contributed by atoms with E-state index in [2.05, 4.69) is 15.8 Å². The fourth-order valence-electron chi connectivity index (χ4n) is 2.35. The highest BCUT2D eigenvalue weighted by Crippen LogP contribution is 2.38. The van der Waals surface area contributed by atoms with Crippen molar-refractivity contribution in [2.75, 3.05) is 27.9 Å². The first-order valence-corrected chi connectivity index (χ1v) is 8.45. The zero-order chi connectivity index (χ0) is 20.5. The molecule has 0 aromatic heterocycles. The lowest BCUT2D eigenvalue weighted by Gasteiger charge is -2.14. The molecule has 0 saturated heterocycles. The molecule has 8 nitrogen and oxygen atoms in total. The molecular formula is C20H23N3O5. The molecule has 0 spiro atoms. The number of carbonyl (C=O) groups is 2. The van der Waals surface area contributed by atoms with Gasteiger partial charge in [0.1, 0.15) is 0 Å². The van der Waals surface area contributed by atoms with Gasteiger partial charge in [0.25, 0.3) is 11.8 Å². The molecule has 0 saturated carbocycles. The molecule has 28 heavy (non-hydrogen) atoms. The third-order valence-corrected chi connectivity index (χ3v) is 3.82. The molecule has 2 amide bonds. The van der Waals surface area contributed by atoms with Crippen molar-refractivity contribution < 1.29 is 23.8 Å². The summed E-state index contributed by atoms with van der Waals surface area (Å²) in [4.78, 5) is 24.2. The number of amides is 2. The summed E-state index contributed by atoms with van der Waals surface area (Å²) in [5, 5.41) is 6.39. The van der Waals surface area contributed by atoms with Crippen LogP contribution in [0.15, 0.2) is 41.5 Å². The summed E-state index contributed by atoms with van der Waals surface area (Å²) < 4.78 is 15.6. The standard InChI is InChI=1S/C20H23N3O5/c1-13-5-7-14(8-6-13)11-22-23-18(24)12-21-20(25)15-9-16(26-2)19(28-4)17(10-15)27-3/h5-11H,12H2,1-4H3,(H,21,25)(H,23,24). The smallest absolute Gasteiger partial charge is 0.259 e. The molecule has 0 fully saturated rings. The van der Waals surface area contributed by atoms with E-state index in [4.69, 9.17) is 14.2 Å². The first-order valence-electron chi connectivity index (χ1n) is 8.45. The van der Waals surface area contributed by atoms with Crippen molar-refractivity contribution in [3.8, 4) is 17.2 Å². The Labute approximate surface area is 163 Å². The van der Waals surface area contributed by atoms with Gasteiger partial charge in [-0.2, -0.15) is 5.10 Å². The maximum atomic E-state index is 12.3. The average Bonchev–Trinajstić information content (AvgIpc) is 2.72. The Kier molecular flexibility index (Phi) is 7.38. The number of aryl methyl sites for hydroxylation is 1. The van der Waals surface area contributed by atoms with Crippen LogP contribution in [0.1, 0.15) is 21.5 Å². The van der Waals surface area contributed by atoms with Crippen LogP contribution in [0.25, 0.3) is 0 Å². The van der Waals surface area contributed by atoms with Gasteiger partial charge in [0.05, 0.1) is 34.1 Å². The van der Waals surface area contributed by atoms with Gasteiger partial charge in [-0.3, -0.25) is 9.59 Å². The molecule has 0 aliphatic heterocycles. The van der Waals surface area contributed by atoms with Crippen molar-refractivity contribution in [2.45, 2.75) is 6.92 Å². The van der Waals surface area contributed by atoms with Crippen LogP contribution in [-0.4, -0.2) is 45.9 Å². The molecule has 2 rings (SSSR count). The van der Waals surface area contributed by atoms with Gasteiger partial charge < -0.3 is 19.5 Å². The number of nitrogens with one attached hydrogen (secondary N) is 2. The van der Waals surface area contributed by atoms with Crippen molar-refractivity contribution in [1.82, 2.24) is 10.7 Å². The molecule has 0 unspecified atom stereocenters. The molecule has 8 heteroatoms. The Hall–Kier alpha value is -3.55. The van der Waals surface area contributed by atoms with Gasteiger partial charge in [-0.05, 0) is 24.6 Å². The van der Waals surface area contributed by atoms with E-state index in [1.165, 1.54) is 39.7 Å². The van der Waals surface area contributed by atoms with Crippen LogP contribution in [0.4, 0.5) is 0 Å². The van der Waals surface area contributed by atoms with E-state index in [1.54, 1.807) is 0 Å². The molecule has 2 aromatic rings. The second-order valence-corrected chi connectivity index (χ2v) is 5.80. The SMILES string of the molecule is COc1cc(C(=O)NCC(=O)NN=Cc2ccc(C)cc2)cc(OC)c1OC. The first kappa shape index (κ1) is 20.8. The summed E-state index contributed by atoms with van der Waals surface area (Å²) in [6.45, 7) is 1.75. The van der Waals surface area contributed by atoms with Crippen molar-refractivity contribution in [3.05, 3.63) is 53.1 Å². The molecule has 0 heterocycles. The number of hydrogen-bond acceptors (Lipinski definition) is 6. The Morgan fingerprint density at radius 3 is 2.14 bits per heavy atom. The quantitative estimate of drug-likeness (QED) is 0.534. The van der Waals surface area contributed by atoms with Crippen molar-refractivity contribution in [2.24, 2.45) is 5.10 Å². The van der Waals surface area contributed by atoms with E-state index in [0.717, 1.165) is 11.1 Å². The Bertz CT molecular complexity index is 838. The van der Waals surface area contributed by atoms with E-state index >= 15 is 0 Å². The molecule has 0 radical (unpaired) electrons. The minimum Gasteiger partial charge on any atom is -0.493 e. The number of carbonyl (C=O) groups excluding carboxylic acids is 2. The molecule has 148 valence electrons. The van der Waals surface area contributed by atoms with Gasteiger partial charge >= 0.3 is 0 Å². The van der Waals surface area contributed by atoms with Crippen LogP contribution >= 0.6 is 0 Å². The lowest BCUT2D eigenvalue weighted by Crippen LogP contribution is -2.34. The van der Waals surface area contributed by atoms with Gasteiger partial charge in [0.2, 0.25) is 5.75 Å². The second-order valence-electron chi connectivity index (χ2n) is 5.80. The van der Waals surface area contributed by atoms with Crippen LogP contribution in [0, 0.1) is 6.92 Å². The topological polar surface area (TPSA) is 98.2 Å². The predicted octanol–water partition coefficient (Wildman–Crippen LogP) is 1.90. The minimum absolute atomic E-state index is 0.235. The number of ether oxygens (including phenoxy) is 3. The van der Waals surface area contributed by atoms with Crippen molar-refractivity contribution in [3.63, 3.8) is 0 Å². The summed E-state index contributed by atoms with van der Waals surface area (Å²) in [6.07, 6.45) is 1.53. The Morgan fingerprint density at radius 1 is 1.00 bits per heavy atom. The van der Waals surface area contributed by atoms with Gasteiger partial charge in [-0.15, -0.1) is 0 Å². The summed E-state index contributed by atoms with van der Waals surface area (Å²) in [5.74, 6) is 0.157. The average molecular weight is 385 g/mol. The fourth-order valence-corrected chi connectivity index (χ4v) is 2.35. The molecule has 2 aromatic carbocycles. The summed E-state index contributed by atoms with van der Waals surface area (Å²) in [7, 11) is 4.39. The zero-order valence-corrected chi connectivity index (χ0v) is 16.2. The largest absolute Gasteiger partial charge is 0.493 e. The fraction of sp³-hybridized carbons (Fsp3) is 0.250. The number of benzene rings is 2. The van der Waals surface area contributed by atoms with E-state index in [1.807, 2.05) is 31.2 Å². The molecule has 0 aliphatic rings. The van der Waals surface area contributed by atoms with Gasteiger partial charge in [-0.1, -0.05) is 29.8 Å². The zero-order valence-electron chi connectivity index (χ0n) is 16.2. The van der Waals surface area contributed by atoms with Crippen molar-refractivity contribution in [1.29, 1.82) is 0 Å². The van der Waals surface area contributed by atoms with Crippen LogP contribution in [0.5, 0.6) is 17.2 Å². The highest BCUT2D eigenvalue weighted by atomic mass is 16.5. The van der Waals surface area contributed by atoms with Crippen LogP contribution < -0.4 is 25.0 Å². The third-order valence-electron chi connectivity index (χ3n) is 3.82. The van der Waals surface area contributed by atoms with E-state index in [0.29, 0.717) is 17.2 Å². The lowest BCUT2D eigenvalue weighted by molar-refractivity contribution is -0.120. The Morgan fingerprint density at radius 2 is 1.61 bits per heavy atom. The summed E-state index contributed by atoms with van der Waals surface area (Å²) in [5.41, 5.74) is 4.62. The molecule has 2 N–H and O–H groups in total. The highest BCUT2D eigenvalue weighted by molar-refractivity contribution is 5.97. The maximum absolute atomic E-state index is 12.3. The monoisotopic (exact) mass is 385 g/mol. The van der Waals surface area contributed by atoms with Gasteiger partial charge in [-0.25, -0.2) is 5.43 Å². The van der Waals surface area contributed by atoms with Crippen LogP contribution in [-0.2, 0) is 4.79 Å². The number of nitrogens with zero attached hydrogens (tertiary/aromatic N) is 1. The second kappa shape index (κ2) is 9.96. The van der Waals surface area contributed by atoms with Crippen LogP contribution in [0.3, 0.4) is 0 Å². The molecule has 0 aliphatic carbocycles. The lowest BCUT2D eigenvalue weighted by atomic mass is 10.1. The first-order chi connectivity index (χ1) is 13.5. The third kappa shape index (κ3) is 5.47. The van der Waals surface area contributed by atoms with Gasteiger partial charge in [0.15, 0.2) is 11.5 Å². The highest BCUT2D eigenvalue weighted by Gasteiger charge is 2.17. The molecule has 0 atom stereocenters. The molecular weight excluding hydrogens is 362 g/mol. The summed E-state index contributed by atoms with van der Waals surface area (Å²) >= 11 is 0.